The first-order valence-corrected chi connectivity index (χ1v) is 7.85. The molecule has 0 saturated carbocycles. The van der Waals surface area contributed by atoms with E-state index in [0.29, 0.717) is 6.54 Å². The molecular weight excluding hydrogens is 331 g/mol. The van der Waals surface area contributed by atoms with Crippen LogP contribution < -0.4 is 10.6 Å². The molecule has 0 saturated heterocycles. The Kier molecular flexibility index (Phi) is 5.37. The van der Waals surface area contributed by atoms with E-state index in [2.05, 4.69) is 46.8 Å². The van der Waals surface area contributed by atoms with Gasteiger partial charge in [0.15, 0.2) is 0 Å². The average molecular weight is 351 g/mol. The molecule has 0 radical (unpaired) electrons. The zero-order valence-electron chi connectivity index (χ0n) is 12.3. The van der Waals surface area contributed by atoms with Crippen molar-refractivity contribution in [3.63, 3.8) is 0 Å². The third-order valence-corrected chi connectivity index (χ3v) is 4.40. The Morgan fingerprint density at radius 1 is 1.24 bits per heavy atom. The van der Waals surface area contributed by atoms with Gasteiger partial charge in [-0.15, -0.1) is 0 Å². The second kappa shape index (κ2) is 7.05. The average Bonchev–Trinajstić information content (AvgIpc) is 2.48. The minimum absolute atomic E-state index is 0.0684. The van der Waals surface area contributed by atoms with E-state index < -0.39 is 0 Å². The summed E-state index contributed by atoms with van der Waals surface area (Å²) in [6.07, 6.45) is 0. The van der Waals surface area contributed by atoms with E-state index >= 15 is 0 Å². The van der Waals surface area contributed by atoms with Gasteiger partial charge in [0.05, 0.1) is 6.04 Å². The largest absolute Gasteiger partial charge is 0.363 e. The monoisotopic (exact) mass is 350 g/mol. The third-order valence-electron chi connectivity index (χ3n) is 3.68. The van der Waals surface area contributed by atoms with E-state index in [0.717, 1.165) is 22.3 Å². The second-order valence-electron chi connectivity index (χ2n) is 4.99. The molecule has 0 bridgehead atoms. The van der Waals surface area contributed by atoms with Gasteiger partial charge in [0, 0.05) is 23.2 Å². The number of benzene rings is 2. The van der Waals surface area contributed by atoms with Crippen LogP contribution in [0.2, 0.25) is 0 Å². The highest BCUT2D eigenvalue weighted by Gasteiger charge is 2.22. The summed E-state index contributed by atoms with van der Waals surface area (Å²) in [7, 11) is 0. The van der Waals surface area contributed by atoms with Gasteiger partial charge >= 0.3 is 0 Å². The Bertz CT molecular complexity index is 615. The standard InChI is InChI=1S/C17H20BrFN2/c1-3-21(16-7-5-4-6-12(16)2)17(11-20)14-10-13(19)8-9-15(14)18/h4-10,17H,3,11,20H2,1-2H3. The van der Waals surface area contributed by atoms with Crippen LogP contribution in [0.3, 0.4) is 0 Å². The molecule has 0 aromatic heterocycles. The van der Waals surface area contributed by atoms with Crippen LogP contribution in [0.5, 0.6) is 0 Å². The van der Waals surface area contributed by atoms with Gasteiger partial charge in [0.1, 0.15) is 5.82 Å². The van der Waals surface area contributed by atoms with Crippen LogP contribution in [0.15, 0.2) is 46.9 Å². The number of nitrogens with zero attached hydrogens (tertiary/aromatic N) is 1. The van der Waals surface area contributed by atoms with Gasteiger partial charge in [-0.25, -0.2) is 4.39 Å². The lowest BCUT2D eigenvalue weighted by atomic mass is 10.0. The van der Waals surface area contributed by atoms with Crippen molar-refractivity contribution in [2.24, 2.45) is 5.73 Å². The smallest absolute Gasteiger partial charge is 0.123 e. The summed E-state index contributed by atoms with van der Waals surface area (Å²) >= 11 is 3.51. The normalized spacial score (nSPS) is 12.2. The Morgan fingerprint density at radius 3 is 2.57 bits per heavy atom. The van der Waals surface area contributed by atoms with Crippen LogP contribution in [0.1, 0.15) is 24.1 Å². The molecule has 112 valence electrons. The molecule has 1 atom stereocenters. The Hall–Kier alpha value is -1.39. The number of hydrogen-bond acceptors (Lipinski definition) is 2. The summed E-state index contributed by atoms with van der Waals surface area (Å²) in [5.74, 6) is -0.243. The molecule has 2 N–H and O–H groups in total. The fraction of sp³-hybridized carbons (Fsp3) is 0.294. The fourth-order valence-corrected chi connectivity index (χ4v) is 3.15. The number of aryl methyl sites for hydroxylation is 1. The molecule has 2 nitrogen and oxygen atoms in total. The quantitative estimate of drug-likeness (QED) is 0.864. The molecule has 2 rings (SSSR count). The van der Waals surface area contributed by atoms with Crippen LogP contribution in [-0.4, -0.2) is 13.1 Å². The minimum atomic E-state index is -0.243. The van der Waals surface area contributed by atoms with E-state index in [1.165, 1.54) is 11.6 Å². The Labute approximate surface area is 133 Å². The highest BCUT2D eigenvalue weighted by molar-refractivity contribution is 9.10. The first kappa shape index (κ1) is 16.0. The fourth-order valence-electron chi connectivity index (χ4n) is 2.64. The van der Waals surface area contributed by atoms with E-state index in [4.69, 9.17) is 5.73 Å². The van der Waals surface area contributed by atoms with Crippen LogP contribution in [0, 0.1) is 12.7 Å². The van der Waals surface area contributed by atoms with Crippen molar-refractivity contribution in [2.75, 3.05) is 18.0 Å². The number of hydrogen-bond donors (Lipinski definition) is 1. The SMILES string of the molecule is CCN(c1ccccc1C)C(CN)c1cc(F)ccc1Br. The van der Waals surface area contributed by atoms with Gasteiger partial charge in [-0.1, -0.05) is 34.1 Å². The first-order chi connectivity index (χ1) is 10.1. The number of nitrogens with two attached hydrogens (primary N) is 1. The van der Waals surface area contributed by atoms with Crippen molar-refractivity contribution in [3.8, 4) is 0 Å². The van der Waals surface area contributed by atoms with Crippen molar-refractivity contribution in [1.29, 1.82) is 0 Å². The summed E-state index contributed by atoms with van der Waals surface area (Å²) < 4.78 is 14.5. The maximum atomic E-state index is 13.6. The molecule has 4 heteroatoms. The van der Waals surface area contributed by atoms with Gasteiger partial charge in [-0.2, -0.15) is 0 Å². The van der Waals surface area contributed by atoms with Crippen molar-refractivity contribution in [1.82, 2.24) is 0 Å². The molecule has 2 aromatic carbocycles. The van der Waals surface area contributed by atoms with Crippen molar-refractivity contribution >= 4 is 21.6 Å². The minimum Gasteiger partial charge on any atom is -0.363 e. The lowest BCUT2D eigenvalue weighted by Crippen LogP contribution is -2.34. The predicted octanol–water partition coefficient (Wildman–Crippen LogP) is 4.42. The van der Waals surface area contributed by atoms with Crippen LogP contribution in [0.25, 0.3) is 0 Å². The molecule has 0 fully saturated rings. The third kappa shape index (κ3) is 3.44. The number of para-hydroxylation sites is 1. The van der Waals surface area contributed by atoms with Crippen LogP contribution in [0.4, 0.5) is 10.1 Å². The molecule has 2 aromatic rings. The molecule has 21 heavy (non-hydrogen) atoms. The van der Waals surface area contributed by atoms with E-state index in [1.54, 1.807) is 12.1 Å². The molecule has 0 spiro atoms. The Balaban J connectivity index is 2.48. The highest BCUT2D eigenvalue weighted by atomic mass is 79.9. The maximum absolute atomic E-state index is 13.6. The van der Waals surface area contributed by atoms with E-state index in [-0.39, 0.29) is 11.9 Å². The van der Waals surface area contributed by atoms with Crippen molar-refractivity contribution in [2.45, 2.75) is 19.9 Å². The van der Waals surface area contributed by atoms with Gasteiger partial charge in [-0.05, 0) is 49.2 Å². The molecule has 1 unspecified atom stereocenters. The van der Waals surface area contributed by atoms with Crippen molar-refractivity contribution in [3.05, 3.63) is 63.9 Å². The Morgan fingerprint density at radius 2 is 1.95 bits per heavy atom. The number of rotatable bonds is 5. The van der Waals surface area contributed by atoms with Gasteiger partial charge in [-0.3, -0.25) is 0 Å². The summed E-state index contributed by atoms with van der Waals surface area (Å²) in [5, 5.41) is 0. The molecular formula is C17H20BrFN2. The van der Waals surface area contributed by atoms with Crippen LogP contribution in [-0.2, 0) is 0 Å². The molecule has 0 aliphatic heterocycles. The van der Waals surface area contributed by atoms with Crippen LogP contribution >= 0.6 is 15.9 Å². The van der Waals surface area contributed by atoms with E-state index in [1.807, 2.05) is 12.1 Å². The predicted molar refractivity (Wildman–Crippen MR) is 90.1 cm³/mol. The number of anilines is 1. The van der Waals surface area contributed by atoms with Gasteiger partial charge < -0.3 is 10.6 Å². The number of likely N-dealkylation sites (N-methyl/N-ethyl adjacent to an activating group) is 1. The molecule has 0 heterocycles. The van der Waals surface area contributed by atoms with Gasteiger partial charge in [0.2, 0.25) is 0 Å². The number of halogens is 2. The maximum Gasteiger partial charge on any atom is 0.123 e. The summed E-state index contributed by atoms with van der Waals surface area (Å²) in [6.45, 7) is 5.38. The van der Waals surface area contributed by atoms with E-state index in [9.17, 15) is 4.39 Å². The lowest BCUT2D eigenvalue weighted by molar-refractivity contribution is 0.605. The second-order valence-corrected chi connectivity index (χ2v) is 5.84. The van der Waals surface area contributed by atoms with Crippen molar-refractivity contribution < 1.29 is 4.39 Å². The zero-order chi connectivity index (χ0) is 15.4. The molecule has 0 aliphatic carbocycles. The summed E-state index contributed by atoms with van der Waals surface area (Å²) in [5.41, 5.74) is 9.20. The molecule has 0 aliphatic rings. The summed E-state index contributed by atoms with van der Waals surface area (Å²) in [6, 6.07) is 12.9. The first-order valence-electron chi connectivity index (χ1n) is 7.05. The molecule has 0 amide bonds. The topological polar surface area (TPSA) is 29.3 Å². The van der Waals surface area contributed by atoms with Gasteiger partial charge in [0.25, 0.3) is 0 Å². The summed E-state index contributed by atoms with van der Waals surface area (Å²) in [4.78, 5) is 2.22. The highest BCUT2D eigenvalue weighted by Crippen LogP contribution is 2.32. The lowest BCUT2D eigenvalue weighted by Gasteiger charge is -2.34. The zero-order valence-corrected chi connectivity index (χ0v) is 13.9.